The first-order chi connectivity index (χ1) is 5.16. The molecule has 0 aliphatic carbocycles. The maximum atomic E-state index is 8.73. The lowest BCUT2D eigenvalue weighted by atomic mass is 10.1. The van der Waals surface area contributed by atoms with Gasteiger partial charge in [0.15, 0.2) is 0 Å². The normalized spacial score (nSPS) is 9.27. The van der Waals surface area contributed by atoms with E-state index in [4.69, 9.17) is 5.26 Å². The summed E-state index contributed by atoms with van der Waals surface area (Å²) < 4.78 is 0. The number of pyridine rings is 1. The molecule has 56 valence electrons. The number of aryl methyl sites for hydroxylation is 2. The molecule has 0 spiro atoms. The van der Waals surface area contributed by atoms with Crippen molar-refractivity contribution < 1.29 is 0 Å². The molecule has 0 aliphatic heterocycles. The molecule has 0 atom stereocenters. The number of aromatic nitrogens is 1. The molecule has 2 nitrogen and oxygen atoms in total. The van der Waals surface area contributed by atoms with Crippen LogP contribution in [0.5, 0.6) is 0 Å². The second kappa shape index (κ2) is 2.71. The van der Waals surface area contributed by atoms with Gasteiger partial charge in [0.1, 0.15) is 6.07 Å². The number of nitriles is 1. The molecule has 0 amide bonds. The highest BCUT2D eigenvalue weighted by Gasteiger charge is 2.03. The van der Waals surface area contributed by atoms with Gasteiger partial charge in [-0.15, -0.1) is 0 Å². The predicted octanol–water partition coefficient (Wildman–Crippen LogP) is 1.88. The molecule has 1 aromatic heterocycles. The van der Waals surface area contributed by atoms with Crippen LogP contribution in [0.15, 0.2) is 6.20 Å². The van der Waals surface area contributed by atoms with Gasteiger partial charge in [0, 0.05) is 6.20 Å². The van der Waals surface area contributed by atoms with Crippen LogP contribution in [0.25, 0.3) is 0 Å². The fourth-order valence-corrected chi connectivity index (χ4v) is 0.988. The third-order valence-electron chi connectivity index (χ3n) is 1.89. The van der Waals surface area contributed by atoms with Gasteiger partial charge in [-0.2, -0.15) is 5.26 Å². The van der Waals surface area contributed by atoms with E-state index in [1.807, 2.05) is 20.8 Å². The Bertz CT molecular complexity index is 321. The van der Waals surface area contributed by atoms with Crippen molar-refractivity contribution in [2.45, 2.75) is 20.8 Å². The predicted molar refractivity (Wildman–Crippen MR) is 43.2 cm³/mol. The Balaban J connectivity index is 3.44. The van der Waals surface area contributed by atoms with Crippen molar-refractivity contribution in [1.82, 2.24) is 4.98 Å². The molecule has 0 fully saturated rings. The lowest BCUT2D eigenvalue weighted by molar-refractivity contribution is 1.12. The van der Waals surface area contributed by atoms with Crippen molar-refractivity contribution in [1.29, 1.82) is 5.26 Å². The van der Waals surface area contributed by atoms with E-state index in [9.17, 15) is 0 Å². The summed E-state index contributed by atoms with van der Waals surface area (Å²) in [6.45, 7) is 5.76. The van der Waals surface area contributed by atoms with Gasteiger partial charge in [0.05, 0.1) is 11.3 Å². The van der Waals surface area contributed by atoms with Crippen molar-refractivity contribution >= 4 is 0 Å². The topological polar surface area (TPSA) is 36.7 Å². The molecule has 2 heteroatoms. The van der Waals surface area contributed by atoms with E-state index in [-0.39, 0.29) is 0 Å². The molecule has 0 aliphatic rings. The van der Waals surface area contributed by atoms with E-state index in [1.165, 1.54) is 0 Å². The van der Waals surface area contributed by atoms with Gasteiger partial charge in [-0.3, -0.25) is 4.98 Å². The Labute approximate surface area is 66.5 Å². The summed E-state index contributed by atoms with van der Waals surface area (Å²) in [6.07, 6.45) is 1.80. The van der Waals surface area contributed by atoms with E-state index >= 15 is 0 Å². The van der Waals surface area contributed by atoms with Gasteiger partial charge < -0.3 is 0 Å². The molecule has 11 heavy (non-hydrogen) atoms. The Morgan fingerprint density at radius 1 is 1.36 bits per heavy atom. The van der Waals surface area contributed by atoms with Crippen LogP contribution < -0.4 is 0 Å². The van der Waals surface area contributed by atoms with Crippen LogP contribution in [0.3, 0.4) is 0 Å². The average molecular weight is 146 g/mol. The van der Waals surface area contributed by atoms with Crippen LogP contribution in [0.4, 0.5) is 0 Å². The highest BCUT2D eigenvalue weighted by molar-refractivity contribution is 5.42. The van der Waals surface area contributed by atoms with E-state index in [0.29, 0.717) is 5.56 Å². The van der Waals surface area contributed by atoms with Gasteiger partial charge in [-0.25, -0.2) is 0 Å². The zero-order valence-corrected chi connectivity index (χ0v) is 6.97. The molecule has 0 saturated heterocycles. The van der Waals surface area contributed by atoms with Crippen LogP contribution in [-0.4, -0.2) is 4.98 Å². The lowest BCUT2D eigenvalue weighted by Gasteiger charge is -2.02. The zero-order valence-electron chi connectivity index (χ0n) is 6.97. The molecule has 1 rings (SSSR count). The third-order valence-corrected chi connectivity index (χ3v) is 1.89. The number of rotatable bonds is 0. The van der Waals surface area contributed by atoms with Crippen LogP contribution >= 0.6 is 0 Å². The summed E-state index contributed by atoms with van der Waals surface area (Å²) in [5, 5.41) is 8.73. The first-order valence-electron chi connectivity index (χ1n) is 3.49. The maximum Gasteiger partial charge on any atom is 0.101 e. The van der Waals surface area contributed by atoms with Crippen molar-refractivity contribution in [2.24, 2.45) is 0 Å². The van der Waals surface area contributed by atoms with Crippen LogP contribution in [0.1, 0.15) is 22.4 Å². The second-order valence-electron chi connectivity index (χ2n) is 2.64. The standard InChI is InChI=1S/C9H10N2/c1-6-5-11-8(3)9(4-10)7(6)2/h5H,1-3H3. The van der Waals surface area contributed by atoms with E-state index < -0.39 is 0 Å². The van der Waals surface area contributed by atoms with Gasteiger partial charge in [0.2, 0.25) is 0 Å². The van der Waals surface area contributed by atoms with Gasteiger partial charge >= 0.3 is 0 Å². The minimum atomic E-state index is 0.713. The second-order valence-corrected chi connectivity index (χ2v) is 2.64. The van der Waals surface area contributed by atoms with Crippen molar-refractivity contribution in [2.75, 3.05) is 0 Å². The number of nitrogens with zero attached hydrogens (tertiary/aromatic N) is 2. The Kier molecular flexibility index (Phi) is 1.91. The Morgan fingerprint density at radius 3 is 2.45 bits per heavy atom. The summed E-state index contributed by atoms with van der Waals surface area (Å²) in [5.74, 6) is 0. The lowest BCUT2D eigenvalue weighted by Crippen LogP contribution is -1.94. The van der Waals surface area contributed by atoms with Crippen molar-refractivity contribution in [3.8, 4) is 6.07 Å². The molecule has 0 bridgehead atoms. The minimum Gasteiger partial charge on any atom is -0.260 e. The summed E-state index contributed by atoms with van der Waals surface area (Å²) in [5.41, 5.74) is 3.65. The van der Waals surface area contributed by atoms with Crippen molar-refractivity contribution in [3.63, 3.8) is 0 Å². The first-order valence-corrected chi connectivity index (χ1v) is 3.49. The Morgan fingerprint density at radius 2 is 2.00 bits per heavy atom. The fraction of sp³-hybridized carbons (Fsp3) is 0.333. The highest BCUT2D eigenvalue weighted by Crippen LogP contribution is 2.12. The third kappa shape index (κ3) is 1.22. The molecular formula is C9H10N2. The quantitative estimate of drug-likeness (QED) is 0.560. The Hall–Kier alpha value is -1.36. The van der Waals surface area contributed by atoms with E-state index in [0.717, 1.165) is 16.8 Å². The SMILES string of the molecule is Cc1cnc(C)c(C#N)c1C. The smallest absolute Gasteiger partial charge is 0.101 e. The van der Waals surface area contributed by atoms with Crippen LogP contribution in [-0.2, 0) is 0 Å². The van der Waals surface area contributed by atoms with Crippen LogP contribution in [0, 0.1) is 32.1 Å². The highest BCUT2D eigenvalue weighted by atomic mass is 14.7. The van der Waals surface area contributed by atoms with Crippen LogP contribution in [0.2, 0.25) is 0 Å². The fourth-order valence-electron chi connectivity index (χ4n) is 0.988. The monoisotopic (exact) mass is 146 g/mol. The molecular weight excluding hydrogens is 136 g/mol. The molecule has 0 unspecified atom stereocenters. The summed E-state index contributed by atoms with van der Waals surface area (Å²) >= 11 is 0. The van der Waals surface area contributed by atoms with E-state index in [2.05, 4.69) is 11.1 Å². The molecule has 1 heterocycles. The summed E-state index contributed by atoms with van der Waals surface area (Å²) in [4.78, 5) is 4.09. The molecule has 1 aromatic rings. The molecule has 0 aromatic carbocycles. The minimum absolute atomic E-state index is 0.713. The van der Waals surface area contributed by atoms with Crippen molar-refractivity contribution in [3.05, 3.63) is 28.6 Å². The van der Waals surface area contributed by atoms with E-state index in [1.54, 1.807) is 6.20 Å². The average Bonchev–Trinajstić information content (AvgIpc) is 1.99. The number of hydrogen-bond acceptors (Lipinski definition) is 2. The molecule has 0 saturated carbocycles. The molecule has 0 N–H and O–H groups in total. The summed E-state index contributed by atoms with van der Waals surface area (Å²) in [7, 11) is 0. The summed E-state index contributed by atoms with van der Waals surface area (Å²) in [6, 6.07) is 2.14. The first kappa shape index (κ1) is 7.74. The van der Waals surface area contributed by atoms with Gasteiger partial charge in [-0.05, 0) is 31.9 Å². The van der Waals surface area contributed by atoms with Gasteiger partial charge in [-0.1, -0.05) is 0 Å². The maximum absolute atomic E-state index is 8.73. The zero-order chi connectivity index (χ0) is 8.43. The largest absolute Gasteiger partial charge is 0.260 e. The number of hydrogen-bond donors (Lipinski definition) is 0. The molecule has 0 radical (unpaired) electrons. The van der Waals surface area contributed by atoms with Gasteiger partial charge in [0.25, 0.3) is 0 Å².